The Morgan fingerprint density at radius 3 is 2.25 bits per heavy atom. The maximum Gasteiger partial charge on any atom is 0.118 e. The van der Waals surface area contributed by atoms with Crippen LogP contribution in [0.5, 0.6) is 5.75 Å². The number of benzene rings is 2. The Hall–Kier alpha value is -1.80. The van der Waals surface area contributed by atoms with E-state index in [0.717, 1.165) is 11.1 Å². The lowest BCUT2D eigenvalue weighted by atomic mass is 9.99. The van der Waals surface area contributed by atoms with E-state index in [0.29, 0.717) is 12.2 Å². The summed E-state index contributed by atoms with van der Waals surface area (Å²) >= 11 is 0. The number of phenolic OH excluding ortho intramolecular Hbond substituents is 1. The molecule has 3 N–H and O–H groups in total. The number of hydrogen-bond acceptors (Lipinski definition) is 2. The zero-order valence-electron chi connectivity index (χ0n) is 9.01. The van der Waals surface area contributed by atoms with Gasteiger partial charge in [-0.1, -0.05) is 48.5 Å². The lowest BCUT2D eigenvalue weighted by Gasteiger charge is -2.12. The van der Waals surface area contributed by atoms with Gasteiger partial charge in [0.05, 0.1) is 0 Å². The molecule has 0 bridgehead atoms. The summed E-state index contributed by atoms with van der Waals surface area (Å²) in [6.45, 7) is 0. The molecular weight excluding hydrogens is 198 g/mol. The molecule has 0 radical (unpaired) electrons. The van der Waals surface area contributed by atoms with E-state index >= 15 is 0 Å². The molecule has 0 saturated heterocycles. The fraction of sp³-hybridized carbons (Fsp3) is 0.143. The van der Waals surface area contributed by atoms with Gasteiger partial charge in [0.15, 0.2) is 0 Å². The van der Waals surface area contributed by atoms with Crippen molar-refractivity contribution >= 4 is 0 Å². The minimum atomic E-state index is -0.0745. The van der Waals surface area contributed by atoms with E-state index in [2.05, 4.69) is 0 Å². The van der Waals surface area contributed by atoms with E-state index in [-0.39, 0.29) is 6.04 Å². The van der Waals surface area contributed by atoms with Gasteiger partial charge in [0.2, 0.25) is 0 Å². The van der Waals surface area contributed by atoms with E-state index in [1.807, 2.05) is 48.5 Å². The third kappa shape index (κ3) is 2.41. The summed E-state index contributed by atoms with van der Waals surface area (Å²) in [6.07, 6.45) is 0.649. The highest BCUT2D eigenvalue weighted by Gasteiger charge is 2.08. The molecule has 16 heavy (non-hydrogen) atoms. The third-order valence-electron chi connectivity index (χ3n) is 2.66. The van der Waals surface area contributed by atoms with Gasteiger partial charge in [-0.05, 0) is 23.6 Å². The molecule has 0 amide bonds. The summed E-state index contributed by atoms with van der Waals surface area (Å²) in [7, 11) is 0. The molecule has 0 aliphatic heterocycles. The van der Waals surface area contributed by atoms with E-state index in [4.69, 9.17) is 5.73 Å². The highest BCUT2D eigenvalue weighted by Crippen LogP contribution is 2.22. The molecule has 2 aromatic rings. The van der Waals surface area contributed by atoms with Gasteiger partial charge in [0.25, 0.3) is 0 Å². The molecule has 0 saturated carbocycles. The van der Waals surface area contributed by atoms with Crippen molar-refractivity contribution in [1.82, 2.24) is 0 Å². The quantitative estimate of drug-likeness (QED) is 0.823. The lowest BCUT2D eigenvalue weighted by Crippen LogP contribution is -2.13. The molecule has 1 atom stereocenters. The molecule has 0 aliphatic carbocycles. The van der Waals surface area contributed by atoms with Gasteiger partial charge in [-0.3, -0.25) is 0 Å². The molecule has 2 rings (SSSR count). The maximum absolute atomic E-state index is 9.65. The van der Waals surface area contributed by atoms with Crippen molar-refractivity contribution < 1.29 is 5.11 Å². The van der Waals surface area contributed by atoms with Crippen LogP contribution in [0.4, 0.5) is 0 Å². The fourth-order valence-corrected chi connectivity index (χ4v) is 1.74. The Morgan fingerprint density at radius 2 is 1.56 bits per heavy atom. The maximum atomic E-state index is 9.65. The molecule has 82 valence electrons. The minimum Gasteiger partial charge on any atom is -0.508 e. The molecule has 0 aliphatic rings. The summed E-state index contributed by atoms with van der Waals surface area (Å²) < 4.78 is 0. The van der Waals surface area contributed by atoms with Crippen LogP contribution in [0, 0.1) is 0 Å². The van der Waals surface area contributed by atoms with Crippen molar-refractivity contribution in [2.75, 3.05) is 0 Å². The van der Waals surface area contributed by atoms with Crippen molar-refractivity contribution in [3.8, 4) is 5.75 Å². The van der Waals surface area contributed by atoms with Crippen LogP contribution in [-0.2, 0) is 6.42 Å². The molecule has 0 fully saturated rings. The van der Waals surface area contributed by atoms with Crippen LogP contribution in [0.1, 0.15) is 17.2 Å². The second-order valence-corrected chi connectivity index (χ2v) is 3.85. The second-order valence-electron chi connectivity index (χ2n) is 3.85. The zero-order chi connectivity index (χ0) is 11.4. The van der Waals surface area contributed by atoms with E-state index < -0.39 is 0 Å². The summed E-state index contributed by atoms with van der Waals surface area (Å²) in [5, 5.41) is 9.65. The standard InChI is InChI=1S/C14H15NO/c15-13(11-6-2-1-3-7-11)10-12-8-4-5-9-14(12)16/h1-9,13,16H,10,15H2/t13-/m1/s1. The topological polar surface area (TPSA) is 46.2 Å². The number of para-hydroxylation sites is 1. The Kier molecular flexibility index (Phi) is 3.22. The van der Waals surface area contributed by atoms with E-state index in [1.54, 1.807) is 6.07 Å². The molecule has 0 spiro atoms. The molecule has 2 nitrogen and oxygen atoms in total. The number of rotatable bonds is 3. The largest absolute Gasteiger partial charge is 0.508 e. The van der Waals surface area contributed by atoms with Crippen molar-refractivity contribution in [1.29, 1.82) is 0 Å². The first kappa shape index (κ1) is 10.7. The van der Waals surface area contributed by atoms with Crippen LogP contribution in [0.15, 0.2) is 54.6 Å². The average Bonchev–Trinajstić information content (AvgIpc) is 2.33. The number of hydrogen-bond donors (Lipinski definition) is 2. The molecule has 0 unspecified atom stereocenters. The van der Waals surface area contributed by atoms with Crippen LogP contribution >= 0.6 is 0 Å². The second kappa shape index (κ2) is 4.81. The SMILES string of the molecule is N[C@H](Cc1ccccc1O)c1ccccc1. The molecule has 2 aromatic carbocycles. The van der Waals surface area contributed by atoms with E-state index in [1.165, 1.54) is 0 Å². The summed E-state index contributed by atoms with van der Waals surface area (Å²) in [5.74, 6) is 0.314. The monoisotopic (exact) mass is 213 g/mol. The third-order valence-corrected chi connectivity index (χ3v) is 2.66. The molecule has 0 aromatic heterocycles. The van der Waals surface area contributed by atoms with Crippen LogP contribution in [-0.4, -0.2) is 5.11 Å². The normalized spacial score (nSPS) is 12.3. The first-order valence-electron chi connectivity index (χ1n) is 5.35. The van der Waals surface area contributed by atoms with Gasteiger partial charge in [0, 0.05) is 6.04 Å². The van der Waals surface area contributed by atoms with Gasteiger partial charge in [0.1, 0.15) is 5.75 Å². The van der Waals surface area contributed by atoms with Crippen molar-refractivity contribution in [2.45, 2.75) is 12.5 Å². The summed E-state index contributed by atoms with van der Waals surface area (Å²) in [5.41, 5.74) is 8.06. The number of phenols is 1. The van der Waals surface area contributed by atoms with Crippen LogP contribution in [0.3, 0.4) is 0 Å². The Balaban J connectivity index is 2.14. The van der Waals surface area contributed by atoms with E-state index in [9.17, 15) is 5.11 Å². The smallest absolute Gasteiger partial charge is 0.118 e. The first-order valence-corrected chi connectivity index (χ1v) is 5.35. The van der Waals surface area contributed by atoms with Crippen LogP contribution < -0.4 is 5.73 Å². The van der Waals surface area contributed by atoms with Gasteiger partial charge in [-0.15, -0.1) is 0 Å². The van der Waals surface area contributed by atoms with Crippen LogP contribution in [0.25, 0.3) is 0 Å². The Morgan fingerprint density at radius 1 is 0.938 bits per heavy atom. The minimum absolute atomic E-state index is 0.0745. The highest BCUT2D eigenvalue weighted by atomic mass is 16.3. The molecular formula is C14H15NO. The Labute approximate surface area is 95.4 Å². The average molecular weight is 213 g/mol. The summed E-state index contributed by atoms with van der Waals surface area (Å²) in [6, 6.07) is 17.2. The van der Waals surface area contributed by atoms with Gasteiger partial charge in [-0.2, -0.15) is 0 Å². The zero-order valence-corrected chi connectivity index (χ0v) is 9.01. The number of aromatic hydroxyl groups is 1. The molecule has 0 heterocycles. The Bertz CT molecular complexity index is 453. The predicted molar refractivity (Wildman–Crippen MR) is 65.2 cm³/mol. The van der Waals surface area contributed by atoms with Gasteiger partial charge >= 0.3 is 0 Å². The van der Waals surface area contributed by atoms with Crippen molar-refractivity contribution in [2.24, 2.45) is 5.73 Å². The number of nitrogens with two attached hydrogens (primary N) is 1. The van der Waals surface area contributed by atoms with Gasteiger partial charge in [-0.25, -0.2) is 0 Å². The van der Waals surface area contributed by atoms with Crippen molar-refractivity contribution in [3.05, 3.63) is 65.7 Å². The van der Waals surface area contributed by atoms with Crippen LogP contribution in [0.2, 0.25) is 0 Å². The lowest BCUT2D eigenvalue weighted by molar-refractivity contribution is 0.465. The fourth-order valence-electron chi connectivity index (χ4n) is 1.74. The van der Waals surface area contributed by atoms with Gasteiger partial charge < -0.3 is 10.8 Å². The van der Waals surface area contributed by atoms with Crippen molar-refractivity contribution in [3.63, 3.8) is 0 Å². The molecule has 2 heteroatoms. The summed E-state index contributed by atoms with van der Waals surface area (Å²) in [4.78, 5) is 0. The predicted octanol–water partition coefficient (Wildman–Crippen LogP) is 2.63. The highest BCUT2D eigenvalue weighted by molar-refractivity contribution is 5.33. The first-order chi connectivity index (χ1) is 7.77.